The van der Waals surface area contributed by atoms with Gasteiger partial charge in [-0.3, -0.25) is 9.59 Å². The van der Waals surface area contributed by atoms with Crippen molar-refractivity contribution in [3.63, 3.8) is 0 Å². The number of aryl methyl sites for hydroxylation is 1. The Morgan fingerprint density at radius 2 is 1.62 bits per heavy atom. The Hall–Kier alpha value is -2.97. The highest BCUT2D eigenvalue weighted by molar-refractivity contribution is 5.80. The predicted molar refractivity (Wildman–Crippen MR) is 124 cm³/mol. The molecule has 1 unspecified atom stereocenters. The monoisotopic (exact) mass is 470 g/mol. The average molecular weight is 471 g/mol. The van der Waals surface area contributed by atoms with Crippen LogP contribution in [0.2, 0.25) is 0 Å². The minimum atomic E-state index is -0.995. The van der Waals surface area contributed by atoms with Crippen molar-refractivity contribution in [2.75, 3.05) is 52.6 Å². The van der Waals surface area contributed by atoms with Gasteiger partial charge in [-0.15, -0.1) is 0 Å². The van der Waals surface area contributed by atoms with E-state index in [2.05, 4.69) is 0 Å². The SMILES string of the molecule is Cc1ccc(CC(=O)N2CCOC(COc3ccc(F)cc3)(CC(=O)N3CCOCC3)C2)cc1. The molecule has 0 spiro atoms. The van der Waals surface area contributed by atoms with Gasteiger partial charge in [-0.25, -0.2) is 4.39 Å². The Labute approximate surface area is 199 Å². The molecule has 0 aliphatic carbocycles. The molecule has 2 aromatic rings. The van der Waals surface area contributed by atoms with Crippen molar-refractivity contribution in [2.24, 2.45) is 0 Å². The van der Waals surface area contributed by atoms with E-state index in [0.29, 0.717) is 45.2 Å². The number of benzene rings is 2. The number of carbonyl (C=O) groups excluding carboxylic acids is 2. The molecule has 2 aliphatic heterocycles. The summed E-state index contributed by atoms with van der Waals surface area (Å²) in [6.45, 7) is 5.16. The Morgan fingerprint density at radius 1 is 0.941 bits per heavy atom. The van der Waals surface area contributed by atoms with Gasteiger partial charge in [0, 0.05) is 19.6 Å². The van der Waals surface area contributed by atoms with Crippen LogP contribution in [0.4, 0.5) is 4.39 Å². The number of nitrogens with zero attached hydrogens (tertiary/aromatic N) is 2. The van der Waals surface area contributed by atoms with Crippen LogP contribution >= 0.6 is 0 Å². The van der Waals surface area contributed by atoms with E-state index in [9.17, 15) is 14.0 Å². The van der Waals surface area contributed by atoms with Crippen LogP contribution in [0.25, 0.3) is 0 Å². The third kappa shape index (κ3) is 6.33. The van der Waals surface area contributed by atoms with Gasteiger partial charge in [-0.1, -0.05) is 29.8 Å². The number of halogens is 1. The molecule has 2 amide bonds. The molecular weight excluding hydrogens is 439 g/mol. The molecular formula is C26H31FN2O5. The van der Waals surface area contributed by atoms with Gasteiger partial charge in [0.2, 0.25) is 11.8 Å². The number of amides is 2. The Kier molecular flexibility index (Phi) is 7.80. The lowest BCUT2D eigenvalue weighted by Gasteiger charge is -2.43. The number of morpholine rings is 2. The molecule has 34 heavy (non-hydrogen) atoms. The van der Waals surface area contributed by atoms with Crippen LogP contribution < -0.4 is 4.74 Å². The van der Waals surface area contributed by atoms with Crippen molar-refractivity contribution in [1.82, 2.24) is 9.80 Å². The fourth-order valence-corrected chi connectivity index (χ4v) is 4.24. The van der Waals surface area contributed by atoms with Gasteiger partial charge in [0.25, 0.3) is 0 Å². The molecule has 0 bridgehead atoms. The first-order valence-corrected chi connectivity index (χ1v) is 11.6. The maximum atomic E-state index is 13.3. The van der Waals surface area contributed by atoms with Crippen molar-refractivity contribution < 1.29 is 28.2 Å². The fraction of sp³-hybridized carbons (Fsp3) is 0.462. The molecule has 7 nitrogen and oxygen atoms in total. The number of rotatable bonds is 7. The van der Waals surface area contributed by atoms with Crippen LogP contribution in [0.3, 0.4) is 0 Å². The lowest BCUT2D eigenvalue weighted by molar-refractivity contribution is -0.167. The number of ether oxygens (including phenoxy) is 3. The molecule has 0 radical (unpaired) electrons. The highest BCUT2D eigenvalue weighted by Gasteiger charge is 2.42. The predicted octanol–water partition coefficient (Wildman–Crippen LogP) is 2.60. The Bertz CT molecular complexity index is 976. The molecule has 1 atom stereocenters. The zero-order chi connectivity index (χ0) is 24.0. The number of hydrogen-bond acceptors (Lipinski definition) is 5. The van der Waals surface area contributed by atoms with E-state index in [0.717, 1.165) is 11.1 Å². The van der Waals surface area contributed by atoms with E-state index in [1.807, 2.05) is 31.2 Å². The quantitative estimate of drug-likeness (QED) is 0.622. The molecule has 0 aromatic heterocycles. The summed E-state index contributed by atoms with van der Waals surface area (Å²) < 4.78 is 30.7. The third-order valence-electron chi connectivity index (χ3n) is 6.23. The molecule has 2 fully saturated rings. The first kappa shape index (κ1) is 24.2. The summed E-state index contributed by atoms with van der Waals surface area (Å²) in [7, 11) is 0. The van der Waals surface area contributed by atoms with Crippen LogP contribution in [0, 0.1) is 12.7 Å². The molecule has 8 heteroatoms. The number of hydrogen-bond donors (Lipinski definition) is 0. The normalized spacial score (nSPS) is 20.8. The van der Waals surface area contributed by atoms with Crippen LogP contribution in [0.15, 0.2) is 48.5 Å². The molecule has 0 N–H and O–H groups in total. The molecule has 2 aromatic carbocycles. The second-order valence-electron chi connectivity index (χ2n) is 8.92. The van der Waals surface area contributed by atoms with Gasteiger partial charge in [0.15, 0.2) is 0 Å². The fourth-order valence-electron chi connectivity index (χ4n) is 4.24. The van der Waals surface area contributed by atoms with Crippen molar-refractivity contribution in [1.29, 1.82) is 0 Å². The standard InChI is InChI=1S/C26H31FN2O5/c1-20-2-4-21(5-3-20)16-24(30)29-12-15-34-26(18-29,17-25(31)28-10-13-32-14-11-28)19-33-23-8-6-22(27)7-9-23/h2-9H,10-19H2,1H3. The average Bonchev–Trinajstić information content (AvgIpc) is 2.86. The minimum absolute atomic E-state index is 0.0165. The molecule has 182 valence electrons. The van der Waals surface area contributed by atoms with Crippen molar-refractivity contribution in [3.8, 4) is 5.75 Å². The van der Waals surface area contributed by atoms with E-state index < -0.39 is 5.60 Å². The smallest absolute Gasteiger partial charge is 0.227 e. The zero-order valence-electron chi connectivity index (χ0n) is 19.5. The summed E-state index contributed by atoms with van der Waals surface area (Å²) in [6, 6.07) is 13.6. The second kappa shape index (κ2) is 11.0. The van der Waals surface area contributed by atoms with Gasteiger partial charge in [0.05, 0.1) is 39.2 Å². The Morgan fingerprint density at radius 3 is 2.32 bits per heavy atom. The summed E-state index contributed by atoms with van der Waals surface area (Å²) >= 11 is 0. The minimum Gasteiger partial charge on any atom is -0.490 e. The largest absolute Gasteiger partial charge is 0.490 e. The lowest BCUT2D eigenvalue weighted by atomic mass is 9.96. The zero-order valence-corrected chi connectivity index (χ0v) is 19.5. The van der Waals surface area contributed by atoms with Gasteiger partial charge in [-0.2, -0.15) is 0 Å². The van der Waals surface area contributed by atoms with Gasteiger partial charge >= 0.3 is 0 Å². The van der Waals surface area contributed by atoms with E-state index in [4.69, 9.17) is 14.2 Å². The molecule has 4 rings (SSSR count). The molecule has 2 heterocycles. The Balaban J connectivity index is 1.48. The highest BCUT2D eigenvalue weighted by atomic mass is 19.1. The summed E-state index contributed by atoms with van der Waals surface area (Å²) in [5, 5.41) is 0. The summed E-state index contributed by atoms with van der Waals surface area (Å²) in [6.07, 6.45) is 0.370. The molecule has 0 saturated carbocycles. The van der Waals surface area contributed by atoms with E-state index in [1.54, 1.807) is 9.80 Å². The van der Waals surface area contributed by atoms with E-state index >= 15 is 0 Å². The van der Waals surface area contributed by atoms with Crippen molar-refractivity contribution >= 4 is 11.8 Å². The van der Waals surface area contributed by atoms with Crippen molar-refractivity contribution in [2.45, 2.75) is 25.4 Å². The number of carbonyl (C=O) groups is 2. The molecule has 2 aliphatic rings. The molecule has 2 saturated heterocycles. The van der Waals surface area contributed by atoms with Crippen molar-refractivity contribution in [3.05, 3.63) is 65.5 Å². The topological polar surface area (TPSA) is 68.3 Å². The maximum absolute atomic E-state index is 13.3. The van der Waals surface area contributed by atoms with Crippen LogP contribution in [0.5, 0.6) is 5.75 Å². The van der Waals surface area contributed by atoms with Gasteiger partial charge in [-0.05, 0) is 36.8 Å². The summed E-state index contributed by atoms with van der Waals surface area (Å²) in [5.74, 6) is 0.0497. The maximum Gasteiger partial charge on any atom is 0.227 e. The van der Waals surface area contributed by atoms with Crippen LogP contribution in [-0.4, -0.2) is 79.8 Å². The van der Waals surface area contributed by atoms with Crippen LogP contribution in [-0.2, 0) is 25.5 Å². The summed E-state index contributed by atoms with van der Waals surface area (Å²) in [4.78, 5) is 29.7. The second-order valence-corrected chi connectivity index (χ2v) is 8.92. The van der Waals surface area contributed by atoms with E-state index in [-0.39, 0.29) is 43.6 Å². The van der Waals surface area contributed by atoms with Gasteiger partial charge in [0.1, 0.15) is 23.8 Å². The summed E-state index contributed by atoms with van der Waals surface area (Å²) in [5.41, 5.74) is 1.09. The van der Waals surface area contributed by atoms with E-state index in [1.165, 1.54) is 24.3 Å². The first-order chi connectivity index (χ1) is 16.4. The van der Waals surface area contributed by atoms with Crippen LogP contribution in [0.1, 0.15) is 17.5 Å². The van der Waals surface area contributed by atoms with Gasteiger partial charge < -0.3 is 24.0 Å². The lowest BCUT2D eigenvalue weighted by Crippen LogP contribution is -2.59. The highest BCUT2D eigenvalue weighted by Crippen LogP contribution is 2.26. The first-order valence-electron chi connectivity index (χ1n) is 11.6. The third-order valence-corrected chi connectivity index (χ3v) is 6.23.